The number of nitriles is 1. The van der Waals surface area contributed by atoms with E-state index in [0.29, 0.717) is 22.0 Å². The number of nitrogens with zero attached hydrogens (tertiary/aromatic N) is 1. The summed E-state index contributed by atoms with van der Waals surface area (Å²) in [5.74, 6) is -0.959. The summed E-state index contributed by atoms with van der Waals surface area (Å²) in [4.78, 5) is 23.9. The van der Waals surface area contributed by atoms with Crippen LogP contribution in [0.4, 0.5) is 5.69 Å². The molecule has 0 aliphatic heterocycles. The van der Waals surface area contributed by atoms with Gasteiger partial charge in [0.15, 0.2) is 6.61 Å². The molecule has 138 valence electrons. The van der Waals surface area contributed by atoms with Gasteiger partial charge in [-0.1, -0.05) is 41.4 Å². The van der Waals surface area contributed by atoms with Crippen LogP contribution in [0.1, 0.15) is 11.1 Å². The molecule has 0 saturated heterocycles. The van der Waals surface area contributed by atoms with E-state index in [2.05, 4.69) is 5.32 Å². The average molecular weight is 385 g/mol. The first kappa shape index (κ1) is 20.0. The minimum atomic E-state index is -0.874. The molecule has 2 rings (SSSR count). The predicted octanol–water partition coefficient (Wildman–Crippen LogP) is 3.75. The van der Waals surface area contributed by atoms with E-state index in [1.54, 1.807) is 30.3 Å². The molecule has 0 heterocycles. The van der Waals surface area contributed by atoms with Crippen molar-refractivity contribution in [3.8, 4) is 11.8 Å². The highest BCUT2D eigenvalue weighted by Gasteiger charge is 2.14. The second-order valence-corrected chi connectivity index (χ2v) is 5.96. The summed E-state index contributed by atoms with van der Waals surface area (Å²) in [5, 5.41) is 12.0. The van der Waals surface area contributed by atoms with Crippen molar-refractivity contribution in [2.24, 2.45) is 0 Å². The zero-order chi connectivity index (χ0) is 19.8. The summed E-state index contributed by atoms with van der Waals surface area (Å²) in [6.45, 7) is 1.40. The number of carbonyl (C=O) groups is 2. The van der Waals surface area contributed by atoms with Gasteiger partial charge in [-0.3, -0.25) is 4.79 Å². The first-order chi connectivity index (χ1) is 12.9. The first-order valence-corrected chi connectivity index (χ1v) is 8.29. The number of aryl methyl sites for hydroxylation is 1. The quantitative estimate of drug-likeness (QED) is 0.465. The minimum absolute atomic E-state index is 0.195. The van der Waals surface area contributed by atoms with Crippen molar-refractivity contribution >= 4 is 35.2 Å². The van der Waals surface area contributed by atoms with Crippen LogP contribution in [0, 0.1) is 18.3 Å². The number of rotatable bonds is 6. The highest BCUT2D eigenvalue weighted by atomic mass is 35.5. The fraction of sp³-hybridized carbons (Fsp3) is 0.150. The first-order valence-electron chi connectivity index (χ1n) is 7.92. The molecule has 0 aromatic heterocycles. The Morgan fingerprint density at radius 3 is 2.52 bits per heavy atom. The van der Waals surface area contributed by atoms with E-state index < -0.39 is 18.5 Å². The third-order valence-corrected chi connectivity index (χ3v) is 3.79. The van der Waals surface area contributed by atoms with Gasteiger partial charge in [0.1, 0.15) is 17.4 Å². The van der Waals surface area contributed by atoms with Gasteiger partial charge in [-0.15, -0.1) is 0 Å². The monoisotopic (exact) mass is 384 g/mol. The lowest BCUT2D eigenvalue weighted by Gasteiger charge is -2.08. The van der Waals surface area contributed by atoms with E-state index in [1.165, 1.54) is 19.3 Å². The SMILES string of the molecule is COc1ccc(NC(=O)COC(=O)/C(C#N)=C/c2ccc(C)cc2)cc1Cl. The van der Waals surface area contributed by atoms with Crippen LogP contribution < -0.4 is 10.1 Å². The van der Waals surface area contributed by atoms with E-state index in [4.69, 9.17) is 26.3 Å². The Hall–Kier alpha value is -3.30. The molecule has 2 aromatic rings. The number of methoxy groups -OCH3 is 1. The molecule has 7 heteroatoms. The standard InChI is InChI=1S/C20H17ClN2O4/c1-13-3-5-14(6-4-13)9-15(11-22)20(25)27-12-19(24)23-16-7-8-18(26-2)17(21)10-16/h3-10H,12H2,1-2H3,(H,23,24)/b15-9+. The molecule has 0 unspecified atom stereocenters. The fourth-order valence-corrected chi connectivity index (χ4v) is 2.37. The summed E-state index contributed by atoms with van der Waals surface area (Å²) in [6.07, 6.45) is 1.41. The van der Waals surface area contributed by atoms with Gasteiger partial charge in [0.2, 0.25) is 0 Å². The van der Waals surface area contributed by atoms with E-state index in [-0.39, 0.29) is 5.57 Å². The molecule has 2 aromatic carbocycles. The van der Waals surface area contributed by atoms with Gasteiger partial charge < -0.3 is 14.8 Å². The van der Waals surface area contributed by atoms with Gasteiger partial charge in [-0.25, -0.2) is 4.79 Å². The van der Waals surface area contributed by atoms with Gasteiger partial charge in [0, 0.05) is 5.69 Å². The zero-order valence-electron chi connectivity index (χ0n) is 14.8. The third kappa shape index (κ3) is 5.87. The normalized spacial score (nSPS) is 10.7. The molecule has 0 atom stereocenters. The van der Waals surface area contributed by atoms with Gasteiger partial charge in [0.25, 0.3) is 5.91 Å². The average Bonchev–Trinajstić information content (AvgIpc) is 2.66. The van der Waals surface area contributed by atoms with Crippen molar-refractivity contribution in [2.75, 3.05) is 19.0 Å². The number of benzene rings is 2. The molecule has 0 aliphatic carbocycles. The van der Waals surface area contributed by atoms with E-state index >= 15 is 0 Å². The van der Waals surface area contributed by atoms with Crippen LogP contribution in [0.25, 0.3) is 6.08 Å². The van der Waals surface area contributed by atoms with Gasteiger partial charge in [0.05, 0.1) is 12.1 Å². The topological polar surface area (TPSA) is 88.4 Å². The zero-order valence-corrected chi connectivity index (χ0v) is 15.5. The van der Waals surface area contributed by atoms with Gasteiger partial charge >= 0.3 is 5.97 Å². The van der Waals surface area contributed by atoms with Crippen LogP contribution >= 0.6 is 11.6 Å². The molecule has 1 N–H and O–H groups in total. The van der Waals surface area contributed by atoms with Crippen molar-refractivity contribution in [3.05, 3.63) is 64.2 Å². The molecule has 0 saturated carbocycles. The van der Waals surface area contributed by atoms with Gasteiger partial charge in [-0.2, -0.15) is 5.26 Å². The molecule has 0 aliphatic rings. The number of nitrogens with one attached hydrogen (secondary N) is 1. The summed E-state index contributed by atoms with van der Waals surface area (Å²) in [5.41, 5.74) is 1.98. The molecule has 6 nitrogen and oxygen atoms in total. The molecule has 27 heavy (non-hydrogen) atoms. The van der Waals surface area contributed by atoms with Crippen LogP contribution in [0.3, 0.4) is 0 Å². The molecule has 0 radical (unpaired) electrons. The maximum Gasteiger partial charge on any atom is 0.349 e. The van der Waals surface area contributed by atoms with Crippen molar-refractivity contribution in [3.63, 3.8) is 0 Å². The number of hydrogen-bond donors (Lipinski definition) is 1. The second-order valence-electron chi connectivity index (χ2n) is 5.55. The number of ether oxygens (including phenoxy) is 2. The Bertz CT molecular complexity index is 915. The Labute approximate surface area is 162 Å². The molecule has 0 bridgehead atoms. The molecule has 1 amide bonds. The lowest BCUT2D eigenvalue weighted by molar-refractivity contribution is -0.142. The Morgan fingerprint density at radius 1 is 1.22 bits per heavy atom. The molecule has 0 fully saturated rings. The lowest BCUT2D eigenvalue weighted by Crippen LogP contribution is -2.21. The Kier molecular flexibility index (Phi) is 6.98. The maximum absolute atomic E-state index is 12.0. The van der Waals surface area contributed by atoms with Crippen LogP contribution in [-0.2, 0) is 14.3 Å². The predicted molar refractivity (Wildman–Crippen MR) is 102 cm³/mol. The Balaban J connectivity index is 1.95. The lowest BCUT2D eigenvalue weighted by atomic mass is 10.1. The number of halogens is 1. The van der Waals surface area contributed by atoms with Crippen LogP contribution in [0.5, 0.6) is 5.75 Å². The smallest absolute Gasteiger partial charge is 0.349 e. The summed E-state index contributed by atoms with van der Waals surface area (Å²) < 4.78 is 9.93. The Morgan fingerprint density at radius 2 is 1.93 bits per heavy atom. The summed E-state index contributed by atoms with van der Waals surface area (Å²) in [7, 11) is 1.48. The minimum Gasteiger partial charge on any atom is -0.495 e. The number of carbonyl (C=O) groups excluding carboxylic acids is 2. The van der Waals surface area contributed by atoms with Crippen LogP contribution in [0.15, 0.2) is 48.0 Å². The number of esters is 1. The van der Waals surface area contributed by atoms with Crippen LogP contribution in [0.2, 0.25) is 5.02 Å². The van der Waals surface area contributed by atoms with E-state index in [1.807, 2.05) is 19.1 Å². The summed E-state index contributed by atoms with van der Waals surface area (Å²) >= 11 is 5.98. The highest BCUT2D eigenvalue weighted by molar-refractivity contribution is 6.32. The largest absolute Gasteiger partial charge is 0.495 e. The maximum atomic E-state index is 12.0. The number of hydrogen-bond acceptors (Lipinski definition) is 5. The van der Waals surface area contributed by atoms with Crippen molar-refractivity contribution < 1.29 is 19.1 Å². The molecule has 0 spiro atoms. The van der Waals surface area contributed by atoms with E-state index in [0.717, 1.165) is 5.56 Å². The van der Waals surface area contributed by atoms with Crippen molar-refractivity contribution in [2.45, 2.75) is 6.92 Å². The molecular formula is C20H17ClN2O4. The van der Waals surface area contributed by atoms with E-state index in [9.17, 15) is 9.59 Å². The second kappa shape index (κ2) is 9.41. The van der Waals surface area contributed by atoms with Crippen LogP contribution in [-0.4, -0.2) is 25.6 Å². The van der Waals surface area contributed by atoms with Crippen molar-refractivity contribution in [1.82, 2.24) is 0 Å². The number of anilines is 1. The highest BCUT2D eigenvalue weighted by Crippen LogP contribution is 2.27. The third-order valence-electron chi connectivity index (χ3n) is 3.50. The molecular weight excluding hydrogens is 368 g/mol. The van der Waals surface area contributed by atoms with Gasteiger partial charge in [-0.05, 0) is 36.8 Å². The number of amides is 1. The fourth-order valence-electron chi connectivity index (χ4n) is 2.12. The van der Waals surface area contributed by atoms with Crippen molar-refractivity contribution in [1.29, 1.82) is 5.26 Å². The summed E-state index contributed by atoms with van der Waals surface area (Å²) in [6, 6.07) is 13.8.